The summed E-state index contributed by atoms with van der Waals surface area (Å²) in [5.41, 5.74) is 1.43. The number of aliphatic imine (C=N–C) groups is 1. The van der Waals surface area contributed by atoms with E-state index < -0.39 is 0 Å². The molecule has 1 N–H and O–H groups in total. The van der Waals surface area contributed by atoms with Gasteiger partial charge in [-0.1, -0.05) is 19.9 Å². The van der Waals surface area contributed by atoms with E-state index in [0.717, 1.165) is 12.8 Å². The van der Waals surface area contributed by atoms with Crippen LogP contribution in [-0.4, -0.2) is 30.0 Å². The van der Waals surface area contributed by atoms with Gasteiger partial charge in [-0.05, 0) is 25.7 Å². The molecule has 3 nitrogen and oxygen atoms in total. The largest absolute Gasteiger partial charge is 0.367 e. The molecule has 84 valence electrons. The fourth-order valence-electron chi connectivity index (χ4n) is 2.52. The van der Waals surface area contributed by atoms with Crippen LogP contribution >= 0.6 is 0 Å². The highest BCUT2D eigenvalue weighted by Crippen LogP contribution is 2.40. The van der Waals surface area contributed by atoms with Crippen molar-refractivity contribution in [1.82, 2.24) is 10.2 Å². The predicted molar refractivity (Wildman–Crippen MR) is 63.8 cm³/mol. The Labute approximate surface area is 92.3 Å². The minimum atomic E-state index is 0.228. The van der Waals surface area contributed by atoms with Crippen LogP contribution in [0.4, 0.5) is 0 Å². The molecule has 0 amide bonds. The van der Waals surface area contributed by atoms with Crippen LogP contribution < -0.4 is 5.32 Å². The number of nitrogens with zero attached hydrogens (tertiary/aromatic N) is 2. The lowest BCUT2D eigenvalue weighted by Crippen LogP contribution is -2.58. The maximum Gasteiger partial charge on any atom is 0.145 e. The molecule has 1 unspecified atom stereocenters. The van der Waals surface area contributed by atoms with Crippen molar-refractivity contribution in [3.8, 4) is 0 Å². The molecule has 0 aromatic carbocycles. The monoisotopic (exact) mass is 207 g/mol. The smallest absolute Gasteiger partial charge is 0.145 e. The van der Waals surface area contributed by atoms with Gasteiger partial charge in [0.15, 0.2) is 0 Å². The maximum absolute atomic E-state index is 4.54. The van der Waals surface area contributed by atoms with Gasteiger partial charge in [0, 0.05) is 12.7 Å². The Bertz CT molecular complexity index is 279. The quantitative estimate of drug-likeness (QED) is 0.764. The molecule has 1 atom stereocenters. The molecule has 0 aromatic rings. The predicted octanol–water partition coefficient (Wildman–Crippen LogP) is 2.11. The third-order valence-electron chi connectivity index (χ3n) is 3.71. The Morgan fingerprint density at radius 3 is 2.93 bits per heavy atom. The Hall–Kier alpha value is -0.990. The zero-order valence-electron chi connectivity index (χ0n) is 9.79. The summed E-state index contributed by atoms with van der Waals surface area (Å²) in [7, 11) is 2.12. The van der Waals surface area contributed by atoms with Gasteiger partial charge in [0.1, 0.15) is 6.17 Å². The van der Waals surface area contributed by atoms with Gasteiger partial charge in [0.05, 0.1) is 11.9 Å². The third-order valence-corrected chi connectivity index (χ3v) is 3.71. The third kappa shape index (κ3) is 1.64. The van der Waals surface area contributed by atoms with E-state index >= 15 is 0 Å². The summed E-state index contributed by atoms with van der Waals surface area (Å²) in [6.07, 6.45) is 8.16. The van der Waals surface area contributed by atoms with Gasteiger partial charge >= 0.3 is 0 Å². The average molecular weight is 207 g/mol. The fourth-order valence-corrected chi connectivity index (χ4v) is 2.52. The van der Waals surface area contributed by atoms with Crippen molar-refractivity contribution in [2.75, 3.05) is 7.05 Å². The van der Waals surface area contributed by atoms with E-state index in [1.807, 2.05) is 6.34 Å². The van der Waals surface area contributed by atoms with Gasteiger partial charge in [-0.2, -0.15) is 0 Å². The molecule has 1 saturated carbocycles. The molecule has 1 fully saturated rings. The molecule has 15 heavy (non-hydrogen) atoms. The Kier molecular flexibility index (Phi) is 2.72. The molecule has 2 aliphatic rings. The summed E-state index contributed by atoms with van der Waals surface area (Å²) < 4.78 is 0. The van der Waals surface area contributed by atoms with Crippen molar-refractivity contribution >= 4 is 6.34 Å². The maximum atomic E-state index is 4.54. The van der Waals surface area contributed by atoms with E-state index in [4.69, 9.17) is 0 Å². The second-order valence-corrected chi connectivity index (χ2v) is 4.73. The van der Waals surface area contributed by atoms with E-state index in [1.54, 1.807) is 0 Å². The van der Waals surface area contributed by atoms with Gasteiger partial charge in [-0.15, -0.1) is 0 Å². The summed E-state index contributed by atoms with van der Waals surface area (Å²) in [4.78, 5) is 6.79. The molecule has 0 bridgehead atoms. The van der Waals surface area contributed by atoms with Crippen molar-refractivity contribution < 1.29 is 0 Å². The van der Waals surface area contributed by atoms with Crippen LogP contribution in [0.1, 0.15) is 39.0 Å². The molecule has 1 spiro atoms. The molecule has 1 aliphatic heterocycles. The highest BCUT2D eigenvalue weighted by Gasteiger charge is 2.48. The molecular formula is C12H21N3. The SMILES string of the molecule is C=C(CCC)N(C)C1N=CNC12CCC2. The van der Waals surface area contributed by atoms with E-state index in [2.05, 4.69) is 35.8 Å². The first kappa shape index (κ1) is 10.5. The van der Waals surface area contributed by atoms with Crippen molar-refractivity contribution in [2.45, 2.75) is 50.7 Å². The Morgan fingerprint density at radius 2 is 2.40 bits per heavy atom. The highest BCUT2D eigenvalue weighted by atomic mass is 15.3. The van der Waals surface area contributed by atoms with Crippen LogP contribution in [0.2, 0.25) is 0 Å². The van der Waals surface area contributed by atoms with Gasteiger partial charge < -0.3 is 10.2 Å². The lowest BCUT2D eigenvalue weighted by atomic mass is 9.74. The molecule has 1 heterocycles. The van der Waals surface area contributed by atoms with Crippen LogP contribution in [0.15, 0.2) is 17.3 Å². The van der Waals surface area contributed by atoms with Crippen molar-refractivity contribution in [3.63, 3.8) is 0 Å². The summed E-state index contributed by atoms with van der Waals surface area (Å²) in [6.45, 7) is 6.33. The van der Waals surface area contributed by atoms with Gasteiger partial charge in [-0.3, -0.25) is 0 Å². The van der Waals surface area contributed by atoms with Crippen molar-refractivity contribution in [1.29, 1.82) is 0 Å². The highest BCUT2D eigenvalue weighted by molar-refractivity contribution is 5.60. The topological polar surface area (TPSA) is 27.6 Å². The fraction of sp³-hybridized carbons (Fsp3) is 0.750. The van der Waals surface area contributed by atoms with Crippen LogP contribution in [0, 0.1) is 0 Å². The van der Waals surface area contributed by atoms with E-state index in [1.165, 1.54) is 25.0 Å². The Balaban J connectivity index is 2.02. The number of hydrogen-bond donors (Lipinski definition) is 1. The first-order valence-electron chi connectivity index (χ1n) is 5.89. The molecule has 0 radical (unpaired) electrons. The van der Waals surface area contributed by atoms with Crippen LogP contribution in [0.5, 0.6) is 0 Å². The van der Waals surface area contributed by atoms with Crippen molar-refractivity contribution in [3.05, 3.63) is 12.3 Å². The normalized spacial score (nSPS) is 26.1. The van der Waals surface area contributed by atoms with Gasteiger partial charge in [0.25, 0.3) is 0 Å². The number of allylic oxidation sites excluding steroid dienone is 1. The van der Waals surface area contributed by atoms with E-state index in [0.29, 0.717) is 0 Å². The van der Waals surface area contributed by atoms with Gasteiger partial charge in [-0.25, -0.2) is 4.99 Å². The molecule has 2 rings (SSSR count). The summed E-state index contributed by atoms with van der Waals surface area (Å²) >= 11 is 0. The molecule has 0 saturated heterocycles. The molecular weight excluding hydrogens is 186 g/mol. The molecule has 1 aliphatic carbocycles. The van der Waals surface area contributed by atoms with Gasteiger partial charge in [0.2, 0.25) is 0 Å². The first-order chi connectivity index (χ1) is 7.19. The lowest BCUT2D eigenvalue weighted by Gasteiger charge is -2.46. The zero-order valence-corrected chi connectivity index (χ0v) is 9.79. The lowest BCUT2D eigenvalue weighted by molar-refractivity contribution is 0.108. The van der Waals surface area contributed by atoms with Crippen molar-refractivity contribution in [2.24, 2.45) is 4.99 Å². The summed E-state index contributed by atoms with van der Waals surface area (Å²) in [5.74, 6) is 0. The van der Waals surface area contributed by atoms with Crippen LogP contribution in [0.25, 0.3) is 0 Å². The number of rotatable bonds is 4. The van der Waals surface area contributed by atoms with Crippen LogP contribution in [0.3, 0.4) is 0 Å². The molecule has 0 aromatic heterocycles. The minimum absolute atomic E-state index is 0.228. The average Bonchev–Trinajstić information content (AvgIpc) is 2.60. The van der Waals surface area contributed by atoms with E-state index in [-0.39, 0.29) is 11.7 Å². The Morgan fingerprint density at radius 1 is 1.67 bits per heavy atom. The first-order valence-corrected chi connectivity index (χ1v) is 5.89. The number of nitrogens with one attached hydrogen (secondary N) is 1. The second-order valence-electron chi connectivity index (χ2n) is 4.73. The molecule has 3 heteroatoms. The standard InChI is InChI=1S/C12H21N3/c1-4-6-10(2)15(3)11-12(7-5-8-12)14-9-13-11/h9,11H,2,4-8H2,1,3H3,(H,13,14). The second kappa shape index (κ2) is 3.87. The van der Waals surface area contributed by atoms with Crippen LogP contribution in [-0.2, 0) is 0 Å². The minimum Gasteiger partial charge on any atom is -0.367 e. The summed E-state index contributed by atoms with van der Waals surface area (Å²) in [5, 5.41) is 3.42. The number of likely N-dealkylation sites (N-methyl/N-ethyl adjacent to an activating group) is 1. The summed E-state index contributed by atoms with van der Waals surface area (Å²) in [6, 6.07) is 0. The zero-order chi connectivity index (χ0) is 10.9. The van der Waals surface area contributed by atoms with E-state index in [9.17, 15) is 0 Å². The number of hydrogen-bond acceptors (Lipinski definition) is 3.